The first-order chi connectivity index (χ1) is 6.03. The second kappa shape index (κ2) is 2.42. The summed E-state index contributed by atoms with van der Waals surface area (Å²) in [6.45, 7) is 0. The molecule has 0 atom stereocenters. The van der Waals surface area contributed by atoms with E-state index in [0.29, 0.717) is 5.56 Å². The molecule has 70 valence electrons. The molecular weight excluding hydrogens is 174 g/mol. The van der Waals surface area contributed by atoms with Crippen molar-refractivity contribution in [3.63, 3.8) is 0 Å². The van der Waals surface area contributed by atoms with Crippen molar-refractivity contribution >= 4 is 5.69 Å². The lowest BCUT2D eigenvalue weighted by Gasteiger charge is -2.10. The van der Waals surface area contributed by atoms with Crippen molar-refractivity contribution in [2.75, 3.05) is 5.73 Å². The summed E-state index contributed by atoms with van der Waals surface area (Å²) in [6, 6.07) is 2.43. The lowest BCUT2D eigenvalue weighted by Crippen LogP contribution is -2.19. The van der Waals surface area contributed by atoms with Crippen LogP contribution in [0.5, 0.6) is 0 Å². The Labute approximate surface area is 74.5 Å². The smallest absolute Gasteiger partial charge is 0.149 e. The number of nitrogen functional groups attached to an aromatic ring is 1. The third-order valence-corrected chi connectivity index (χ3v) is 2.44. The van der Waals surface area contributed by atoms with Crippen molar-refractivity contribution in [2.45, 2.75) is 18.4 Å². The van der Waals surface area contributed by atoms with E-state index < -0.39 is 22.9 Å². The van der Waals surface area contributed by atoms with Crippen molar-refractivity contribution in [3.05, 3.63) is 29.3 Å². The van der Waals surface area contributed by atoms with Gasteiger partial charge in [0.1, 0.15) is 17.3 Å². The fraction of sp³-hybridized carbons (Fsp3) is 0.333. The van der Waals surface area contributed by atoms with Crippen molar-refractivity contribution in [3.8, 4) is 0 Å². The molecular formula is C9H10F2N2. The van der Waals surface area contributed by atoms with E-state index in [1.165, 1.54) is 12.1 Å². The number of nitrogens with two attached hydrogens (primary N) is 2. The fourth-order valence-corrected chi connectivity index (χ4v) is 1.30. The molecule has 0 spiro atoms. The van der Waals surface area contributed by atoms with Gasteiger partial charge in [-0.2, -0.15) is 0 Å². The van der Waals surface area contributed by atoms with E-state index in [9.17, 15) is 8.78 Å². The number of anilines is 1. The third kappa shape index (κ3) is 1.27. The summed E-state index contributed by atoms with van der Waals surface area (Å²) in [6.07, 6.45) is 1.55. The Morgan fingerprint density at radius 2 is 1.62 bits per heavy atom. The molecule has 0 unspecified atom stereocenters. The Balaban J connectivity index is 2.50. The van der Waals surface area contributed by atoms with Gasteiger partial charge in [-0.15, -0.1) is 0 Å². The van der Waals surface area contributed by atoms with Gasteiger partial charge in [0.15, 0.2) is 0 Å². The van der Waals surface area contributed by atoms with Gasteiger partial charge in [0.05, 0.1) is 0 Å². The number of rotatable bonds is 1. The lowest BCUT2D eigenvalue weighted by molar-refractivity contribution is 0.580. The molecule has 1 aliphatic carbocycles. The minimum absolute atomic E-state index is 0.437. The summed E-state index contributed by atoms with van der Waals surface area (Å²) in [7, 11) is 0. The Kier molecular flexibility index (Phi) is 1.57. The molecule has 2 nitrogen and oxygen atoms in total. The normalized spacial score (nSPS) is 18.7. The van der Waals surface area contributed by atoms with E-state index in [1.807, 2.05) is 0 Å². The molecule has 1 fully saturated rings. The van der Waals surface area contributed by atoms with Gasteiger partial charge >= 0.3 is 0 Å². The first kappa shape index (κ1) is 8.44. The molecule has 1 aromatic carbocycles. The zero-order chi connectivity index (χ0) is 9.64. The maximum absolute atomic E-state index is 13.0. The van der Waals surface area contributed by atoms with Crippen LogP contribution in [0.3, 0.4) is 0 Å². The lowest BCUT2D eigenvalue weighted by atomic mass is 10.1. The van der Waals surface area contributed by atoms with Crippen molar-refractivity contribution in [1.82, 2.24) is 0 Å². The summed E-state index contributed by atoms with van der Waals surface area (Å²) >= 11 is 0. The van der Waals surface area contributed by atoms with E-state index in [2.05, 4.69) is 0 Å². The number of hydrogen-bond acceptors (Lipinski definition) is 2. The van der Waals surface area contributed by atoms with E-state index in [4.69, 9.17) is 11.5 Å². The quantitative estimate of drug-likeness (QED) is 0.650. The zero-order valence-corrected chi connectivity index (χ0v) is 6.98. The van der Waals surface area contributed by atoms with Crippen LogP contribution in [0, 0.1) is 11.6 Å². The van der Waals surface area contributed by atoms with E-state index in [-0.39, 0.29) is 0 Å². The van der Waals surface area contributed by atoms with Crippen LogP contribution in [0.4, 0.5) is 14.5 Å². The molecule has 0 radical (unpaired) electrons. The average molecular weight is 184 g/mol. The van der Waals surface area contributed by atoms with Crippen LogP contribution in [0.15, 0.2) is 12.1 Å². The molecule has 1 saturated carbocycles. The molecule has 2 rings (SSSR count). The number of halogens is 2. The summed E-state index contributed by atoms with van der Waals surface area (Å²) in [5, 5.41) is 0. The summed E-state index contributed by atoms with van der Waals surface area (Å²) < 4.78 is 26.0. The molecule has 0 amide bonds. The predicted octanol–water partition coefficient (Wildman–Crippen LogP) is 1.49. The standard InChI is InChI=1S/C9H10F2N2/c10-6-3-5(9(13)1-2-9)4-7(11)8(6)12/h3-4H,1-2,12-13H2. The zero-order valence-electron chi connectivity index (χ0n) is 6.98. The average Bonchev–Trinajstić information content (AvgIpc) is 2.80. The van der Waals surface area contributed by atoms with Crippen LogP contribution in [-0.2, 0) is 5.54 Å². The highest BCUT2D eigenvalue weighted by atomic mass is 19.1. The molecule has 0 aliphatic heterocycles. The topological polar surface area (TPSA) is 52.0 Å². The Morgan fingerprint density at radius 3 is 2.00 bits per heavy atom. The van der Waals surface area contributed by atoms with Crippen LogP contribution in [-0.4, -0.2) is 0 Å². The molecule has 0 aromatic heterocycles. The Bertz CT molecular complexity index is 336. The number of hydrogen-bond donors (Lipinski definition) is 2. The fourth-order valence-electron chi connectivity index (χ4n) is 1.30. The first-order valence-corrected chi connectivity index (χ1v) is 4.07. The molecule has 0 saturated heterocycles. The van der Waals surface area contributed by atoms with Gasteiger partial charge in [0.25, 0.3) is 0 Å². The summed E-state index contributed by atoms with van der Waals surface area (Å²) in [5.41, 5.74) is 10.4. The largest absolute Gasteiger partial charge is 0.394 e. The minimum atomic E-state index is -0.730. The molecule has 4 heteroatoms. The van der Waals surface area contributed by atoms with Gasteiger partial charge < -0.3 is 11.5 Å². The number of benzene rings is 1. The molecule has 4 N–H and O–H groups in total. The van der Waals surface area contributed by atoms with Gasteiger partial charge in [-0.05, 0) is 30.5 Å². The van der Waals surface area contributed by atoms with E-state index >= 15 is 0 Å². The van der Waals surface area contributed by atoms with Gasteiger partial charge in [0, 0.05) is 5.54 Å². The maximum Gasteiger partial charge on any atom is 0.149 e. The van der Waals surface area contributed by atoms with Crippen LogP contribution >= 0.6 is 0 Å². The van der Waals surface area contributed by atoms with Crippen LogP contribution in [0.2, 0.25) is 0 Å². The van der Waals surface area contributed by atoms with Gasteiger partial charge in [-0.3, -0.25) is 0 Å². The SMILES string of the molecule is Nc1c(F)cc(C2(N)CC2)cc1F. The molecule has 13 heavy (non-hydrogen) atoms. The van der Waals surface area contributed by atoms with Crippen LogP contribution in [0.25, 0.3) is 0 Å². The van der Waals surface area contributed by atoms with Crippen LogP contribution < -0.4 is 11.5 Å². The van der Waals surface area contributed by atoms with Crippen molar-refractivity contribution in [2.24, 2.45) is 5.73 Å². The van der Waals surface area contributed by atoms with Gasteiger partial charge in [-0.25, -0.2) is 8.78 Å². The Morgan fingerprint density at radius 1 is 1.15 bits per heavy atom. The van der Waals surface area contributed by atoms with Gasteiger partial charge in [0.2, 0.25) is 0 Å². The predicted molar refractivity (Wildman–Crippen MR) is 45.9 cm³/mol. The first-order valence-electron chi connectivity index (χ1n) is 4.07. The molecule has 0 bridgehead atoms. The highest BCUT2D eigenvalue weighted by Gasteiger charge is 2.40. The summed E-state index contributed by atoms with van der Waals surface area (Å²) in [4.78, 5) is 0. The van der Waals surface area contributed by atoms with Crippen LogP contribution in [0.1, 0.15) is 18.4 Å². The highest BCUT2D eigenvalue weighted by Crippen LogP contribution is 2.43. The van der Waals surface area contributed by atoms with E-state index in [1.54, 1.807) is 0 Å². The minimum Gasteiger partial charge on any atom is -0.394 e. The molecule has 1 aromatic rings. The second-order valence-electron chi connectivity index (χ2n) is 3.51. The van der Waals surface area contributed by atoms with Gasteiger partial charge in [-0.1, -0.05) is 0 Å². The van der Waals surface area contributed by atoms with E-state index in [0.717, 1.165) is 12.8 Å². The third-order valence-electron chi connectivity index (χ3n) is 2.44. The highest BCUT2D eigenvalue weighted by molar-refractivity contribution is 5.45. The Hall–Kier alpha value is -1.16. The second-order valence-corrected chi connectivity index (χ2v) is 3.51. The van der Waals surface area contributed by atoms with Crippen molar-refractivity contribution < 1.29 is 8.78 Å². The molecule has 0 heterocycles. The molecule has 1 aliphatic rings. The van der Waals surface area contributed by atoms with Crippen molar-refractivity contribution in [1.29, 1.82) is 0 Å². The maximum atomic E-state index is 13.0. The summed E-state index contributed by atoms with van der Waals surface area (Å²) in [5.74, 6) is -1.46. The monoisotopic (exact) mass is 184 g/mol.